The summed E-state index contributed by atoms with van der Waals surface area (Å²) in [6.45, 7) is -2.89. The van der Waals surface area contributed by atoms with Gasteiger partial charge in [-0.3, -0.25) is 0 Å². The average Bonchev–Trinajstić information content (AvgIpc) is 2.40. The van der Waals surface area contributed by atoms with Crippen molar-refractivity contribution >= 4 is 15.5 Å². The SMILES string of the molecule is CS(=O)(=O)C1CCCC(Nc2ccccc2OC(F)F)C1. The number of ether oxygens (including phenoxy) is 1. The van der Waals surface area contributed by atoms with Crippen LogP contribution in [-0.2, 0) is 9.84 Å². The van der Waals surface area contributed by atoms with Crippen molar-refractivity contribution in [2.45, 2.75) is 43.6 Å². The van der Waals surface area contributed by atoms with Crippen LogP contribution in [0.2, 0.25) is 0 Å². The monoisotopic (exact) mass is 319 g/mol. The minimum absolute atomic E-state index is 0.0547. The molecule has 0 aliphatic heterocycles. The zero-order chi connectivity index (χ0) is 15.5. The van der Waals surface area contributed by atoms with Gasteiger partial charge in [0.05, 0.1) is 10.9 Å². The van der Waals surface area contributed by atoms with Gasteiger partial charge in [0, 0.05) is 12.3 Å². The van der Waals surface area contributed by atoms with E-state index in [9.17, 15) is 17.2 Å². The number of alkyl halides is 2. The average molecular weight is 319 g/mol. The molecule has 0 bridgehead atoms. The third-order valence-corrected chi connectivity index (χ3v) is 5.33. The van der Waals surface area contributed by atoms with Crippen molar-refractivity contribution in [1.29, 1.82) is 0 Å². The zero-order valence-electron chi connectivity index (χ0n) is 11.8. The molecule has 0 spiro atoms. The van der Waals surface area contributed by atoms with E-state index >= 15 is 0 Å². The van der Waals surface area contributed by atoms with Crippen LogP contribution >= 0.6 is 0 Å². The number of halogens is 2. The molecule has 1 aliphatic rings. The second kappa shape index (κ2) is 6.60. The summed E-state index contributed by atoms with van der Waals surface area (Å²) in [4.78, 5) is 0. The fourth-order valence-corrected chi connectivity index (χ4v) is 3.85. The molecule has 4 nitrogen and oxygen atoms in total. The zero-order valence-corrected chi connectivity index (χ0v) is 12.6. The van der Waals surface area contributed by atoms with Crippen molar-refractivity contribution in [3.63, 3.8) is 0 Å². The highest BCUT2D eigenvalue weighted by molar-refractivity contribution is 7.91. The first-order chi connectivity index (χ1) is 9.86. The van der Waals surface area contributed by atoms with E-state index in [0.717, 1.165) is 12.8 Å². The van der Waals surface area contributed by atoms with E-state index in [-0.39, 0.29) is 17.0 Å². The van der Waals surface area contributed by atoms with Gasteiger partial charge in [-0.15, -0.1) is 0 Å². The normalized spacial score (nSPS) is 23.0. The number of benzene rings is 1. The summed E-state index contributed by atoms with van der Waals surface area (Å²) in [7, 11) is -3.07. The molecule has 21 heavy (non-hydrogen) atoms. The van der Waals surface area contributed by atoms with E-state index in [2.05, 4.69) is 10.1 Å². The predicted octanol–water partition coefficient (Wildman–Crippen LogP) is 3.06. The minimum atomic E-state index is -3.07. The number of sulfone groups is 1. The molecule has 1 fully saturated rings. The smallest absolute Gasteiger partial charge is 0.387 e. The lowest BCUT2D eigenvalue weighted by Gasteiger charge is -2.29. The third-order valence-electron chi connectivity index (χ3n) is 3.69. The molecule has 1 aliphatic carbocycles. The van der Waals surface area contributed by atoms with Gasteiger partial charge in [-0.25, -0.2) is 8.42 Å². The molecule has 2 unspecified atom stereocenters. The van der Waals surface area contributed by atoms with Gasteiger partial charge in [0.1, 0.15) is 15.6 Å². The van der Waals surface area contributed by atoms with Crippen molar-refractivity contribution in [2.24, 2.45) is 0 Å². The highest BCUT2D eigenvalue weighted by atomic mass is 32.2. The highest BCUT2D eigenvalue weighted by Crippen LogP contribution is 2.31. The molecule has 1 saturated carbocycles. The number of nitrogens with one attached hydrogen (secondary N) is 1. The Labute approximate surface area is 123 Å². The van der Waals surface area contributed by atoms with Gasteiger partial charge >= 0.3 is 6.61 Å². The Morgan fingerprint density at radius 3 is 2.67 bits per heavy atom. The van der Waals surface area contributed by atoms with Gasteiger partial charge in [-0.2, -0.15) is 8.78 Å². The Kier molecular flexibility index (Phi) is 5.03. The van der Waals surface area contributed by atoms with Gasteiger partial charge in [-0.05, 0) is 31.4 Å². The van der Waals surface area contributed by atoms with Crippen molar-refractivity contribution in [3.8, 4) is 5.75 Å². The second-order valence-corrected chi connectivity index (χ2v) is 7.66. The van der Waals surface area contributed by atoms with Gasteiger partial charge in [0.2, 0.25) is 0 Å². The van der Waals surface area contributed by atoms with Gasteiger partial charge in [-0.1, -0.05) is 18.6 Å². The summed E-state index contributed by atoms with van der Waals surface area (Å²) >= 11 is 0. The quantitative estimate of drug-likeness (QED) is 0.906. The summed E-state index contributed by atoms with van der Waals surface area (Å²) in [6.07, 6.45) is 4.00. The van der Waals surface area contributed by atoms with E-state index in [0.29, 0.717) is 18.5 Å². The predicted molar refractivity (Wildman–Crippen MR) is 77.6 cm³/mol. The first kappa shape index (κ1) is 16.0. The molecule has 1 aromatic carbocycles. The van der Waals surface area contributed by atoms with Crippen LogP contribution < -0.4 is 10.1 Å². The number of para-hydroxylation sites is 2. The van der Waals surface area contributed by atoms with Gasteiger partial charge in [0.25, 0.3) is 0 Å². The fourth-order valence-electron chi connectivity index (χ4n) is 2.67. The molecule has 0 amide bonds. The van der Waals surface area contributed by atoms with Gasteiger partial charge in [0.15, 0.2) is 0 Å². The van der Waals surface area contributed by atoms with Crippen LogP contribution in [0.4, 0.5) is 14.5 Å². The van der Waals surface area contributed by atoms with Crippen LogP contribution in [0.5, 0.6) is 5.75 Å². The molecule has 2 rings (SSSR count). The lowest BCUT2D eigenvalue weighted by molar-refractivity contribution is -0.0494. The molecule has 1 aromatic rings. The van der Waals surface area contributed by atoms with E-state index < -0.39 is 16.4 Å². The van der Waals surface area contributed by atoms with E-state index in [1.54, 1.807) is 18.2 Å². The van der Waals surface area contributed by atoms with E-state index in [1.165, 1.54) is 12.3 Å². The topological polar surface area (TPSA) is 55.4 Å². The minimum Gasteiger partial charge on any atom is -0.433 e. The molecule has 1 N–H and O–H groups in total. The second-order valence-electron chi connectivity index (χ2n) is 5.33. The van der Waals surface area contributed by atoms with Crippen molar-refractivity contribution in [3.05, 3.63) is 24.3 Å². The van der Waals surface area contributed by atoms with Crippen LogP contribution in [0.25, 0.3) is 0 Å². The molecule has 2 atom stereocenters. The Morgan fingerprint density at radius 1 is 1.29 bits per heavy atom. The van der Waals surface area contributed by atoms with Crippen molar-refractivity contribution < 1.29 is 21.9 Å². The van der Waals surface area contributed by atoms with Crippen LogP contribution in [0.3, 0.4) is 0 Å². The maximum atomic E-state index is 12.4. The maximum Gasteiger partial charge on any atom is 0.387 e. The van der Waals surface area contributed by atoms with Crippen molar-refractivity contribution in [2.75, 3.05) is 11.6 Å². The molecule has 0 saturated heterocycles. The molecule has 0 radical (unpaired) electrons. The number of anilines is 1. The van der Waals surface area contributed by atoms with Crippen LogP contribution in [-0.4, -0.2) is 32.6 Å². The summed E-state index contributed by atoms with van der Waals surface area (Å²) < 4.78 is 52.5. The van der Waals surface area contributed by atoms with Crippen LogP contribution in [0.15, 0.2) is 24.3 Å². The van der Waals surface area contributed by atoms with E-state index in [4.69, 9.17) is 0 Å². The summed E-state index contributed by atoms with van der Waals surface area (Å²) in [5, 5.41) is 2.77. The molecule has 118 valence electrons. The first-order valence-corrected chi connectivity index (χ1v) is 8.81. The largest absolute Gasteiger partial charge is 0.433 e. The lowest BCUT2D eigenvalue weighted by atomic mass is 9.94. The molecule has 0 aromatic heterocycles. The summed E-state index contributed by atoms with van der Waals surface area (Å²) in [6, 6.07) is 6.40. The number of hydrogen-bond donors (Lipinski definition) is 1. The standard InChI is InChI=1S/C14H19F2NO3S/c1-21(18,19)11-6-4-5-10(9-11)17-12-7-2-3-8-13(12)20-14(15)16/h2-3,7-8,10-11,14,17H,4-6,9H2,1H3. The fraction of sp³-hybridized carbons (Fsp3) is 0.571. The molecular weight excluding hydrogens is 300 g/mol. The Balaban J connectivity index is 2.08. The Bertz CT molecular complexity index is 577. The molecular formula is C14H19F2NO3S. The van der Waals surface area contributed by atoms with E-state index in [1.807, 2.05) is 0 Å². The number of hydrogen-bond acceptors (Lipinski definition) is 4. The lowest BCUT2D eigenvalue weighted by Crippen LogP contribution is -2.34. The molecule has 7 heteroatoms. The van der Waals surface area contributed by atoms with Crippen LogP contribution in [0.1, 0.15) is 25.7 Å². The maximum absolute atomic E-state index is 12.4. The third kappa shape index (κ3) is 4.56. The summed E-state index contributed by atoms with van der Waals surface area (Å²) in [5.74, 6) is 0.0778. The van der Waals surface area contributed by atoms with Gasteiger partial charge < -0.3 is 10.1 Å². The summed E-state index contributed by atoms with van der Waals surface area (Å²) in [5.41, 5.74) is 0.469. The van der Waals surface area contributed by atoms with Crippen molar-refractivity contribution in [1.82, 2.24) is 0 Å². The molecule has 0 heterocycles. The highest BCUT2D eigenvalue weighted by Gasteiger charge is 2.29. The van der Waals surface area contributed by atoms with Crippen LogP contribution in [0, 0.1) is 0 Å². The number of rotatable bonds is 5. The Morgan fingerprint density at radius 2 is 2.00 bits per heavy atom. The Hall–Kier alpha value is -1.37. The first-order valence-electron chi connectivity index (χ1n) is 6.85.